The van der Waals surface area contributed by atoms with E-state index in [4.69, 9.17) is 5.73 Å². The van der Waals surface area contributed by atoms with E-state index in [9.17, 15) is 0 Å². The van der Waals surface area contributed by atoms with Gasteiger partial charge in [0.25, 0.3) is 0 Å². The van der Waals surface area contributed by atoms with E-state index >= 15 is 0 Å². The normalized spacial score (nSPS) is 14.8. The van der Waals surface area contributed by atoms with Crippen LogP contribution < -0.4 is 5.73 Å². The predicted molar refractivity (Wildman–Crippen MR) is 58.4 cm³/mol. The number of halogens is 1. The molecule has 12 heavy (non-hydrogen) atoms. The van der Waals surface area contributed by atoms with Crippen LogP contribution in [0.3, 0.4) is 0 Å². The summed E-state index contributed by atoms with van der Waals surface area (Å²) in [4.78, 5) is 1.24. The largest absolute Gasteiger partial charge is 0.323 e. The Bertz CT molecular complexity index is 262. The molecule has 0 radical (unpaired) electrons. The molecule has 0 aliphatic rings. The zero-order valence-electron chi connectivity index (χ0n) is 7.60. The summed E-state index contributed by atoms with van der Waals surface area (Å²) < 4.78 is 1.15. The van der Waals surface area contributed by atoms with Gasteiger partial charge in [-0.3, -0.25) is 0 Å². The molecule has 0 amide bonds. The minimum absolute atomic E-state index is 0.133. The first-order valence-corrected chi connectivity index (χ1v) is 5.53. The lowest BCUT2D eigenvalue weighted by Gasteiger charge is -2.25. The highest BCUT2D eigenvalue weighted by molar-refractivity contribution is 9.11. The lowest BCUT2D eigenvalue weighted by atomic mass is 9.87. The first-order valence-electron chi connectivity index (χ1n) is 3.92. The number of rotatable bonds is 1. The van der Waals surface area contributed by atoms with Gasteiger partial charge in [0.2, 0.25) is 0 Å². The summed E-state index contributed by atoms with van der Waals surface area (Å²) in [6.07, 6.45) is 0. The summed E-state index contributed by atoms with van der Waals surface area (Å²) in [6.45, 7) is 6.47. The van der Waals surface area contributed by atoms with Crippen molar-refractivity contribution >= 4 is 27.3 Å². The molecule has 0 aliphatic heterocycles. The summed E-state index contributed by atoms with van der Waals surface area (Å²) in [5, 5.41) is 0. The summed E-state index contributed by atoms with van der Waals surface area (Å²) in [6, 6.07) is 4.27. The second kappa shape index (κ2) is 3.48. The molecule has 3 heteroatoms. The Kier molecular flexibility index (Phi) is 2.97. The van der Waals surface area contributed by atoms with Crippen LogP contribution in [0.1, 0.15) is 31.7 Å². The number of hydrogen-bond acceptors (Lipinski definition) is 2. The van der Waals surface area contributed by atoms with Crippen molar-refractivity contribution in [2.45, 2.75) is 26.8 Å². The minimum Gasteiger partial charge on any atom is -0.323 e. The standard InChI is InChI=1S/C9H14BrNS/c1-9(2,3)8(11)6-4-5-7(10)12-6/h4-5,8H,11H2,1-3H3/t8-/m0/s1. The predicted octanol–water partition coefficient (Wildman–Crippen LogP) is 3.56. The Labute approximate surface area is 86.1 Å². The second-order valence-corrected chi connectivity index (χ2v) is 6.48. The maximum absolute atomic E-state index is 6.07. The van der Waals surface area contributed by atoms with Gasteiger partial charge in [0.1, 0.15) is 0 Å². The van der Waals surface area contributed by atoms with Gasteiger partial charge >= 0.3 is 0 Å². The first-order chi connectivity index (χ1) is 5.41. The molecule has 0 saturated carbocycles. The molecule has 1 rings (SSSR count). The molecule has 0 spiro atoms. The van der Waals surface area contributed by atoms with Gasteiger partial charge in [-0.25, -0.2) is 0 Å². The van der Waals surface area contributed by atoms with E-state index in [0.717, 1.165) is 3.79 Å². The number of thiophene rings is 1. The maximum atomic E-state index is 6.07. The molecule has 0 unspecified atom stereocenters. The zero-order chi connectivity index (χ0) is 9.35. The van der Waals surface area contributed by atoms with Gasteiger partial charge < -0.3 is 5.73 Å². The average molecular weight is 248 g/mol. The summed E-state index contributed by atoms with van der Waals surface area (Å²) in [5.41, 5.74) is 6.22. The van der Waals surface area contributed by atoms with Gasteiger partial charge in [-0.1, -0.05) is 20.8 Å². The molecule has 2 N–H and O–H groups in total. The van der Waals surface area contributed by atoms with Crippen LogP contribution in [-0.2, 0) is 0 Å². The van der Waals surface area contributed by atoms with Crippen molar-refractivity contribution in [2.24, 2.45) is 11.1 Å². The van der Waals surface area contributed by atoms with E-state index in [2.05, 4.69) is 42.8 Å². The van der Waals surface area contributed by atoms with Gasteiger partial charge in [0.05, 0.1) is 3.79 Å². The smallest absolute Gasteiger partial charge is 0.0701 e. The fourth-order valence-corrected chi connectivity index (χ4v) is 2.59. The molecular weight excluding hydrogens is 234 g/mol. The lowest BCUT2D eigenvalue weighted by Crippen LogP contribution is -2.25. The van der Waals surface area contributed by atoms with Crippen LogP contribution in [0.15, 0.2) is 15.9 Å². The van der Waals surface area contributed by atoms with Crippen molar-refractivity contribution in [1.29, 1.82) is 0 Å². The van der Waals surface area contributed by atoms with E-state index in [-0.39, 0.29) is 11.5 Å². The maximum Gasteiger partial charge on any atom is 0.0701 e. The van der Waals surface area contributed by atoms with E-state index < -0.39 is 0 Å². The third-order valence-corrected chi connectivity index (χ3v) is 3.54. The topological polar surface area (TPSA) is 26.0 Å². The van der Waals surface area contributed by atoms with Gasteiger partial charge in [-0.15, -0.1) is 11.3 Å². The van der Waals surface area contributed by atoms with Gasteiger partial charge in [0.15, 0.2) is 0 Å². The van der Waals surface area contributed by atoms with E-state index in [0.29, 0.717) is 0 Å². The van der Waals surface area contributed by atoms with Crippen LogP contribution in [0.25, 0.3) is 0 Å². The van der Waals surface area contributed by atoms with E-state index in [1.165, 1.54) is 4.88 Å². The van der Waals surface area contributed by atoms with Crippen LogP contribution in [0.4, 0.5) is 0 Å². The second-order valence-electron chi connectivity index (χ2n) is 3.99. The van der Waals surface area contributed by atoms with Gasteiger partial charge in [-0.2, -0.15) is 0 Å². The van der Waals surface area contributed by atoms with Crippen molar-refractivity contribution in [3.05, 3.63) is 20.8 Å². The molecule has 1 aromatic rings. The molecule has 0 saturated heterocycles. The molecular formula is C9H14BrNS. The molecule has 68 valence electrons. The Morgan fingerprint density at radius 3 is 2.33 bits per heavy atom. The SMILES string of the molecule is CC(C)(C)[C@@H](N)c1ccc(Br)s1. The molecule has 0 fully saturated rings. The molecule has 0 bridgehead atoms. The summed E-state index contributed by atoms with van der Waals surface area (Å²) in [5.74, 6) is 0. The van der Waals surface area contributed by atoms with Crippen LogP contribution >= 0.6 is 27.3 Å². The fraction of sp³-hybridized carbons (Fsp3) is 0.556. The van der Waals surface area contributed by atoms with Crippen LogP contribution in [0.5, 0.6) is 0 Å². The monoisotopic (exact) mass is 247 g/mol. The first kappa shape index (κ1) is 10.2. The molecule has 0 aliphatic carbocycles. The molecule has 1 atom stereocenters. The Morgan fingerprint density at radius 1 is 1.42 bits per heavy atom. The summed E-state index contributed by atoms with van der Waals surface area (Å²) in [7, 11) is 0. The molecule has 1 heterocycles. The highest BCUT2D eigenvalue weighted by atomic mass is 79.9. The quantitative estimate of drug-likeness (QED) is 0.808. The molecule has 1 aromatic heterocycles. The third kappa shape index (κ3) is 2.31. The Hall–Kier alpha value is 0.140. The molecule has 0 aromatic carbocycles. The average Bonchev–Trinajstić information content (AvgIpc) is 2.32. The zero-order valence-corrected chi connectivity index (χ0v) is 10.00. The summed E-state index contributed by atoms with van der Waals surface area (Å²) >= 11 is 5.14. The van der Waals surface area contributed by atoms with Crippen LogP contribution in [-0.4, -0.2) is 0 Å². The van der Waals surface area contributed by atoms with Gasteiger partial charge in [-0.05, 0) is 33.5 Å². The fourth-order valence-electron chi connectivity index (χ4n) is 0.922. The van der Waals surface area contributed by atoms with Crippen molar-refractivity contribution in [3.63, 3.8) is 0 Å². The van der Waals surface area contributed by atoms with Crippen molar-refractivity contribution in [2.75, 3.05) is 0 Å². The Morgan fingerprint density at radius 2 is 2.00 bits per heavy atom. The molecule has 1 nitrogen and oxygen atoms in total. The minimum atomic E-state index is 0.133. The highest BCUT2D eigenvalue weighted by Crippen LogP contribution is 2.35. The third-order valence-electron chi connectivity index (χ3n) is 1.83. The Balaban J connectivity index is 2.85. The van der Waals surface area contributed by atoms with Crippen molar-refractivity contribution < 1.29 is 0 Å². The van der Waals surface area contributed by atoms with Crippen molar-refractivity contribution in [3.8, 4) is 0 Å². The van der Waals surface area contributed by atoms with Gasteiger partial charge in [0, 0.05) is 10.9 Å². The van der Waals surface area contributed by atoms with Crippen LogP contribution in [0.2, 0.25) is 0 Å². The lowest BCUT2D eigenvalue weighted by molar-refractivity contribution is 0.331. The van der Waals surface area contributed by atoms with Crippen LogP contribution in [0, 0.1) is 5.41 Å². The van der Waals surface area contributed by atoms with E-state index in [1.807, 2.05) is 6.07 Å². The highest BCUT2D eigenvalue weighted by Gasteiger charge is 2.23. The number of hydrogen-bond donors (Lipinski definition) is 1. The number of nitrogens with two attached hydrogens (primary N) is 1. The van der Waals surface area contributed by atoms with Crippen molar-refractivity contribution in [1.82, 2.24) is 0 Å². The van der Waals surface area contributed by atoms with E-state index in [1.54, 1.807) is 11.3 Å².